The van der Waals surface area contributed by atoms with Gasteiger partial charge in [-0.3, -0.25) is 0 Å². The van der Waals surface area contributed by atoms with Crippen molar-refractivity contribution >= 4 is 0 Å². The Bertz CT molecular complexity index is 544. The van der Waals surface area contributed by atoms with Crippen molar-refractivity contribution in [2.75, 3.05) is 13.2 Å². The Kier molecular flexibility index (Phi) is 10.3. The summed E-state index contributed by atoms with van der Waals surface area (Å²) in [7, 11) is 0. The van der Waals surface area contributed by atoms with Gasteiger partial charge < -0.3 is 9.47 Å². The fraction of sp³-hybridized carbons (Fsp3) is 1.00. The van der Waals surface area contributed by atoms with Gasteiger partial charge >= 0.3 is 0 Å². The topological polar surface area (TPSA) is 18.5 Å². The summed E-state index contributed by atoms with van der Waals surface area (Å²) in [5.74, 6) is 7.29. The number of hydrogen-bond donors (Lipinski definition) is 0. The smallest absolute Gasteiger partial charge is 0.0610 e. The molecular formula is C32H58O2. The maximum absolute atomic E-state index is 7.06. The van der Waals surface area contributed by atoms with Crippen LogP contribution in [-0.2, 0) is 9.47 Å². The highest BCUT2D eigenvalue weighted by Gasteiger charge is 2.51. The quantitative estimate of drug-likeness (QED) is 0.366. The summed E-state index contributed by atoms with van der Waals surface area (Å²) in [6.45, 7) is 14.1. The van der Waals surface area contributed by atoms with E-state index in [0.717, 1.165) is 48.7 Å². The van der Waals surface area contributed by atoms with E-state index in [1.807, 2.05) is 0 Å². The van der Waals surface area contributed by atoms with Crippen LogP contribution < -0.4 is 0 Å². The molecule has 8 unspecified atom stereocenters. The Morgan fingerprint density at radius 2 is 1.03 bits per heavy atom. The second kappa shape index (κ2) is 12.9. The molecule has 2 nitrogen and oxygen atoms in total. The summed E-state index contributed by atoms with van der Waals surface area (Å²) < 4.78 is 14.1. The van der Waals surface area contributed by atoms with Crippen LogP contribution in [0, 0.1) is 53.3 Å². The average Bonchev–Trinajstić information content (AvgIpc) is 2.95. The summed E-state index contributed by atoms with van der Waals surface area (Å²) in [6, 6.07) is 0. The van der Waals surface area contributed by atoms with Crippen LogP contribution in [0.25, 0.3) is 0 Å². The van der Waals surface area contributed by atoms with Gasteiger partial charge in [0.05, 0.1) is 25.4 Å². The minimum atomic E-state index is 0.477. The predicted molar refractivity (Wildman–Crippen MR) is 144 cm³/mol. The van der Waals surface area contributed by atoms with Crippen molar-refractivity contribution < 1.29 is 9.47 Å². The molecule has 3 saturated carbocycles. The van der Waals surface area contributed by atoms with E-state index in [1.165, 1.54) is 89.9 Å². The Morgan fingerprint density at radius 3 is 1.44 bits per heavy atom. The third-order valence-electron chi connectivity index (χ3n) is 11.4. The normalized spacial score (nSPS) is 46.0. The van der Waals surface area contributed by atoms with Gasteiger partial charge in [-0.15, -0.1) is 0 Å². The van der Waals surface area contributed by atoms with Crippen molar-refractivity contribution in [3.05, 3.63) is 0 Å². The van der Waals surface area contributed by atoms with E-state index in [-0.39, 0.29) is 0 Å². The van der Waals surface area contributed by atoms with E-state index < -0.39 is 0 Å². The molecule has 0 aromatic heterocycles. The summed E-state index contributed by atoms with van der Waals surface area (Å²) in [4.78, 5) is 0. The van der Waals surface area contributed by atoms with Gasteiger partial charge in [-0.2, -0.15) is 0 Å². The van der Waals surface area contributed by atoms with Crippen molar-refractivity contribution in [3.8, 4) is 0 Å². The summed E-state index contributed by atoms with van der Waals surface area (Å²) in [6.07, 6.45) is 20.2. The molecule has 4 fully saturated rings. The van der Waals surface area contributed by atoms with Crippen LogP contribution in [0.15, 0.2) is 0 Å². The zero-order valence-electron chi connectivity index (χ0n) is 23.5. The number of fused-ring (bicyclic) bond motifs is 3. The largest absolute Gasteiger partial charge is 0.378 e. The predicted octanol–water partition coefficient (Wildman–Crippen LogP) is 8.92. The van der Waals surface area contributed by atoms with Crippen LogP contribution in [0.4, 0.5) is 0 Å². The van der Waals surface area contributed by atoms with Crippen LogP contribution in [-0.4, -0.2) is 25.4 Å². The highest BCUT2D eigenvalue weighted by molar-refractivity contribution is 5.00. The van der Waals surface area contributed by atoms with Crippen LogP contribution in [0.5, 0.6) is 0 Å². The van der Waals surface area contributed by atoms with Crippen molar-refractivity contribution in [3.63, 3.8) is 0 Å². The van der Waals surface area contributed by atoms with Crippen LogP contribution >= 0.6 is 0 Å². The summed E-state index contributed by atoms with van der Waals surface area (Å²) in [5, 5.41) is 0. The van der Waals surface area contributed by atoms with Crippen LogP contribution in [0.2, 0.25) is 0 Å². The Balaban J connectivity index is 1.57. The fourth-order valence-corrected chi connectivity index (χ4v) is 9.60. The first-order valence-corrected chi connectivity index (χ1v) is 15.9. The first-order chi connectivity index (χ1) is 16.6. The lowest BCUT2D eigenvalue weighted by atomic mass is 9.55. The van der Waals surface area contributed by atoms with Crippen molar-refractivity contribution in [1.29, 1.82) is 0 Å². The molecule has 1 heterocycles. The molecule has 0 spiro atoms. The van der Waals surface area contributed by atoms with E-state index in [0.29, 0.717) is 30.0 Å². The molecule has 0 bridgehead atoms. The van der Waals surface area contributed by atoms with Crippen LogP contribution in [0.1, 0.15) is 125 Å². The fourth-order valence-electron chi connectivity index (χ4n) is 9.60. The first-order valence-electron chi connectivity index (χ1n) is 15.9. The van der Waals surface area contributed by atoms with Crippen molar-refractivity contribution in [2.24, 2.45) is 53.3 Å². The third-order valence-corrected chi connectivity index (χ3v) is 11.4. The molecule has 4 rings (SSSR count). The van der Waals surface area contributed by atoms with Gasteiger partial charge in [-0.05, 0) is 85.9 Å². The van der Waals surface area contributed by atoms with E-state index in [2.05, 4.69) is 34.6 Å². The highest BCUT2D eigenvalue weighted by Crippen LogP contribution is 2.53. The summed E-state index contributed by atoms with van der Waals surface area (Å²) >= 11 is 0. The van der Waals surface area contributed by atoms with Crippen molar-refractivity contribution in [1.82, 2.24) is 0 Å². The zero-order valence-corrected chi connectivity index (χ0v) is 23.5. The van der Waals surface area contributed by atoms with Gasteiger partial charge in [0.2, 0.25) is 0 Å². The number of hydrogen-bond acceptors (Lipinski definition) is 2. The van der Waals surface area contributed by atoms with Crippen LogP contribution in [0.3, 0.4) is 0 Å². The molecule has 4 aliphatic rings. The van der Waals surface area contributed by atoms with E-state index in [4.69, 9.17) is 9.47 Å². The monoisotopic (exact) mass is 474 g/mol. The lowest BCUT2D eigenvalue weighted by molar-refractivity contribution is -0.131. The molecular weight excluding hydrogens is 416 g/mol. The van der Waals surface area contributed by atoms with E-state index in [1.54, 1.807) is 0 Å². The molecule has 0 N–H and O–H groups in total. The maximum Gasteiger partial charge on any atom is 0.0610 e. The average molecular weight is 475 g/mol. The highest BCUT2D eigenvalue weighted by atomic mass is 16.5. The van der Waals surface area contributed by atoms with Gasteiger partial charge in [-0.1, -0.05) is 86.0 Å². The molecule has 1 saturated heterocycles. The van der Waals surface area contributed by atoms with Gasteiger partial charge in [0.1, 0.15) is 0 Å². The van der Waals surface area contributed by atoms with Gasteiger partial charge in [0.25, 0.3) is 0 Å². The van der Waals surface area contributed by atoms with Crippen molar-refractivity contribution in [2.45, 2.75) is 137 Å². The van der Waals surface area contributed by atoms with E-state index >= 15 is 0 Å². The molecule has 0 radical (unpaired) electrons. The second-order valence-corrected chi connectivity index (χ2v) is 12.9. The number of ether oxygens (including phenoxy) is 2. The third kappa shape index (κ3) is 5.74. The molecule has 198 valence electrons. The number of rotatable bonds is 7. The molecule has 2 heteroatoms. The SMILES string of the molecule is CCCC1CCC(C2COC3CCC(CC)C(CC)C3C3C(CCC(CC)C3CC)OC2)CC1. The molecule has 0 aromatic carbocycles. The minimum Gasteiger partial charge on any atom is -0.378 e. The molecule has 1 aliphatic heterocycles. The minimum absolute atomic E-state index is 0.477. The molecule has 0 amide bonds. The van der Waals surface area contributed by atoms with E-state index in [9.17, 15) is 0 Å². The van der Waals surface area contributed by atoms with Gasteiger partial charge in [0.15, 0.2) is 0 Å². The lowest BCUT2D eigenvalue weighted by Crippen LogP contribution is -2.52. The Morgan fingerprint density at radius 1 is 0.529 bits per heavy atom. The Labute approximate surface area is 212 Å². The standard InChI is InChI=1S/C32H58O2/c1-6-11-22-12-14-25(15-13-22)26-20-33-29-18-16-23(7-2)27(9-4)31(29)32-28(10-5)24(8-3)17-19-30(32)34-21-26/h22-32H,6-21H2,1-5H3. The zero-order chi connectivity index (χ0) is 24.1. The lowest BCUT2D eigenvalue weighted by Gasteiger charge is -2.53. The molecule has 8 atom stereocenters. The molecule has 34 heavy (non-hydrogen) atoms. The molecule has 3 aliphatic carbocycles. The van der Waals surface area contributed by atoms with Gasteiger partial charge in [0, 0.05) is 5.92 Å². The van der Waals surface area contributed by atoms with Gasteiger partial charge in [-0.25, -0.2) is 0 Å². The summed E-state index contributed by atoms with van der Waals surface area (Å²) in [5.41, 5.74) is 0. The second-order valence-electron chi connectivity index (χ2n) is 12.9. The Hall–Kier alpha value is -0.0800. The molecule has 0 aromatic rings. The maximum atomic E-state index is 7.06. The first kappa shape index (κ1) is 27.0.